The molecule has 118 valence electrons. The molecule has 2 aromatic rings. The zero-order valence-corrected chi connectivity index (χ0v) is 12.5. The number of fused-ring (bicyclic) bond motifs is 1. The number of nitrogens with one attached hydrogen (secondary N) is 2. The maximum atomic E-state index is 12.2. The average molecular weight is 334 g/mol. The summed E-state index contributed by atoms with van der Waals surface area (Å²) in [7, 11) is 0. The summed E-state index contributed by atoms with van der Waals surface area (Å²) in [5, 5.41) is 22.3. The Labute approximate surface area is 136 Å². The van der Waals surface area contributed by atoms with Gasteiger partial charge in [-0.1, -0.05) is 23.7 Å². The third-order valence-corrected chi connectivity index (χ3v) is 3.75. The van der Waals surface area contributed by atoms with Gasteiger partial charge in [0.05, 0.1) is 17.8 Å². The molecule has 0 spiro atoms. The van der Waals surface area contributed by atoms with Crippen molar-refractivity contribution in [3.05, 3.63) is 63.8 Å². The molecule has 3 rings (SSSR count). The van der Waals surface area contributed by atoms with Crippen molar-refractivity contribution in [1.82, 2.24) is 4.90 Å². The van der Waals surface area contributed by atoms with Gasteiger partial charge in [-0.2, -0.15) is 5.23 Å². The van der Waals surface area contributed by atoms with Gasteiger partial charge in [0.1, 0.15) is 5.69 Å². The van der Waals surface area contributed by atoms with Gasteiger partial charge in [-0.25, -0.2) is 5.21 Å². The summed E-state index contributed by atoms with van der Waals surface area (Å²) in [6, 6.07) is 10.9. The molecule has 0 aliphatic carbocycles. The van der Waals surface area contributed by atoms with Gasteiger partial charge in [0.15, 0.2) is 5.69 Å². The van der Waals surface area contributed by atoms with Crippen molar-refractivity contribution in [1.29, 1.82) is 0 Å². The Morgan fingerprint density at radius 1 is 1.13 bits per heavy atom. The Bertz CT molecular complexity index is 759. The van der Waals surface area contributed by atoms with Crippen LogP contribution in [0, 0.1) is 5.21 Å². The van der Waals surface area contributed by atoms with Crippen LogP contribution in [0.15, 0.2) is 42.5 Å². The van der Waals surface area contributed by atoms with Crippen molar-refractivity contribution >= 4 is 34.8 Å². The van der Waals surface area contributed by atoms with Gasteiger partial charge < -0.3 is 10.5 Å². The van der Waals surface area contributed by atoms with E-state index in [1.54, 1.807) is 24.3 Å². The number of anilines is 1. The quantitative estimate of drug-likeness (QED) is 0.580. The van der Waals surface area contributed by atoms with Crippen molar-refractivity contribution < 1.29 is 20.0 Å². The number of benzene rings is 2. The fraction of sp³-hybridized carbons (Fsp3) is 0.0667. The molecule has 1 heterocycles. The maximum absolute atomic E-state index is 12.2. The molecule has 3 N–H and O–H groups in total. The van der Waals surface area contributed by atoms with Crippen LogP contribution in [0.25, 0.3) is 0 Å². The SMILES string of the molecule is O=C1c2ccccc2C(=O)N1CNc1ccc(Cl)cc1[NH+]([O-])O. The number of hydrogen-bond acceptors (Lipinski definition) is 5. The topological polar surface area (TPSA) is 97.1 Å². The summed E-state index contributed by atoms with van der Waals surface area (Å²) in [6.07, 6.45) is 0. The molecule has 8 heteroatoms. The number of quaternary nitrogens is 1. The van der Waals surface area contributed by atoms with Gasteiger partial charge in [0, 0.05) is 11.1 Å². The van der Waals surface area contributed by atoms with Crippen LogP contribution in [-0.2, 0) is 0 Å². The van der Waals surface area contributed by atoms with Crippen molar-refractivity contribution in [3.8, 4) is 0 Å². The van der Waals surface area contributed by atoms with E-state index in [2.05, 4.69) is 5.32 Å². The highest BCUT2D eigenvalue weighted by Gasteiger charge is 2.34. The van der Waals surface area contributed by atoms with Crippen LogP contribution >= 0.6 is 11.6 Å². The van der Waals surface area contributed by atoms with Crippen LogP contribution in [0.1, 0.15) is 20.7 Å². The molecule has 7 nitrogen and oxygen atoms in total. The Morgan fingerprint density at radius 2 is 1.74 bits per heavy atom. The smallest absolute Gasteiger partial charge is 0.263 e. The van der Waals surface area contributed by atoms with Crippen LogP contribution in [0.3, 0.4) is 0 Å². The second kappa shape index (κ2) is 5.98. The first kappa shape index (κ1) is 15.4. The average Bonchev–Trinajstić information content (AvgIpc) is 2.78. The predicted molar refractivity (Wildman–Crippen MR) is 82.7 cm³/mol. The minimum Gasteiger partial charge on any atom is -0.595 e. The fourth-order valence-corrected chi connectivity index (χ4v) is 2.57. The van der Waals surface area contributed by atoms with Gasteiger partial charge >= 0.3 is 0 Å². The molecule has 0 radical (unpaired) electrons. The number of halogens is 1. The highest BCUT2D eigenvalue weighted by Crippen LogP contribution is 2.25. The fourth-order valence-electron chi connectivity index (χ4n) is 2.39. The molecular weight excluding hydrogens is 322 g/mol. The van der Waals surface area contributed by atoms with Crippen LogP contribution in [-0.4, -0.2) is 28.6 Å². The van der Waals surface area contributed by atoms with Gasteiger partial charge in [-0.15, -0.1) is 0 Å². The molecule has 0 aromatic heterocycles. The maximum Gasteiger partial charge on any atom is 0.263 e. The summed E-state index contributed by atoms with van der Waals surface area (Å²) in [4.78, 5) is 25.5. The van der Waals surface area contributed by atoms with Gasteiger partial charge in [0.2, 0.25) is 0 Å². The van der Waals surface area contributed by atoms with Crippen LogP contribution < -0.4 is 10.5 Å². The van der Waals surface area contributed by atoms with E-state index in [0.29, 0.717) is 11.1 Å². The summed E-state index contributed by atoms with van der Waals surface area (Å²) in [5.41, 5.74) is 0.926. The Hall–Kier alpha value is -2.45. The minimum absolute atomic E-state index is 0.0332. The van der Waals surface area contributed by atoms with E-state index in [0.717, 1.165) is 4.90 Å². The molecule has 1 unspecified atom stereocenters. The lowest BCUT2D eigenvalue weighted by Gasteiger charge is -2.19. The van der Waals surface area contributed by atoms with E-state index in [4.69, 9.17) is 11.6 Å². The lowest BCUT2D eigenvalue weighted by Crippen LogP contribution is -2.99. The molecule has 0 saturated carbocycles. The number of hydrogen-bond donors (Lipinski definition) is 3. The first-order chi connectivity index (χ1) is 11.0. The van der Waals surface area contributed by atoms with Crippen molar-refractivity contribution in [2.75, 3.05) is 12.0 Å². The largest absolute Gasteiger partial charge is 0.595 e. The number of imide groups is 1. The Morgan fingerprint density at radius 3 is 2.30 bits per heavy atom. The van der Waals surface area contributed by atoms with Crippen molar-refractivity contribution in [2.24, 2.45) is 0 Å². The molecule has 23 heavy (non-hydrogen) atoms. The highest BCUT2D eigenvalue weighted by molar-refractivity contribution is 6.31. The summed E-state index contributed by atoms with van der Waals surface area (Å²) in [6.45, 7) is -0.131. The molecule has 0 saturated heterocycles. The lowest BCUT2D eigenvalue weighted by molar-refractivity contribution is -0.990. The van der Waals surface area contributed by atoms with Gasteiger partial charge in [-0.05, 0) is 24.3 Å². The first-order valence-electron chi connectivity index (χ1n) is 6.71. The number of carbonyl (C=O) groups is 2. The normalized spacial score (nSPS) is 14.8. The van der Waals surface area contributed by atoms with E-state index in [9.17, 15) is 20.0 Å². The summed E-state index contributed by atoms with van der Waals surface area (Å²) >= 11 is 5.79. The number of carbonyl (C=O) groups excluding carboxylic acids is 2. The molecule has 2 aromatic carbocycles. The van der Waals surface area contributed by atoms with Crippen LogP contribution in [0.4, 0.5) is 11.4 Å². The molecule has 1 atom stereocenters. The van der Waals surface area contributed by atoms with Crippen LogP contribution in [0.5, 0.6) is 0 Å². The van der Waals surface area contributed by atoms with E-state index >= 15 is 0 Å². The van der Waals surface area contributed by atoms with Gasteiger partial charge in [0.25, 0.3) is 11.8 Å². The molecule has 1 aliphatic heterocycles. The van der Waals surface area contributed by atoms with E-state index < -0.39 is 17.0 Å². The standard InChI is InChI=1S/C15H12ClN3O4/c16-9-5-6-12(13(7-9)19(22)23)17-8-18-14(20)10-3-1-2-4-11(10)15(18)21/h1-7,17,19,22H,8H2. The predicted octanol–water partition coefficient (Wildman–Crippen LogP) is 1.41. The third-order valence-electron chi connectivity index (χ3n) is 3.52. The third kappa shape index (κ3) is 2.78. The summed E-state index contributed by atoms with van der Waals surface area (Å²) < 4.78 is 0. The molecule has 0 fully saturated rings. The molecule has 2 amide bonds. The number of rotatable bonds is 4. The lowest BCUT2D eigenvalue weighted by atomic mass is 10.1. The molecular formula is C15H12ClN3O4. The molecule has 0 bridgehead atoms. The van der Waals surface area contributed by atoms with E-state index in [-0.39, 0.29) is 23.1 Å². The van der Waals surface area contributed by atoms with E-state index in [1.165, 1.54) is 18.2 Å². The zero-order chi connectivity index (χ0) is 16.6. The van der Waals surface area contributed by atoms with Gasteiger partial charge in [-0.3, -0.25) is 14.5 Å². The minimum atomic E-state index is -1.16. The second-order valence-corrected chi connectivity index (χ2v) is 5.35. The van der Waals surface area contributed by atoms with Crippen molar-refractivity contribution in [3.63, 3.8) is 0 Å². The zero-order valence-electron chi connectivity index (χ0n) is 11.7. The second-order valence-electron chi connectivity index (χ2n) is 4.91. The summed E-state index contributed by atoms with van der Waals surface area (Å²) in [5.74, 6) is -0.826. The van der Waals surface area contributed by atoms with Crippen LogP contribution in [0.2, 0.25) is 5.02 Å². The monoisotopic (exact) mass is 333 g/mol. The molecule has 1 aliphatic rings. The van der Waals surface area contributed by atoms with Crippen molar-refractivity contribution in [2.45, 2.75) is 0 Å². The first-order valence-corrected chi connectivity index (χ1v) is 7.09. The Kier molecular flexibility index (Phi) is 4.01. The highest BCUT2D eigenvalue weighted by atomic mass is 35.5. The number of nitrogens with zero attached hydrogens (tertiary/aromatic N) is 1. The van der Waals surface area contributed by atoms with E-state index in [1.807, 2.05) is 0 Å². The number of amides is 2. The Balaban J connectivity index is 1.80.